The Bertz CT molecular complexity index is 1040. The second-order valence-electron chi connectivity index (χ2n) is 7.49. The molecule has 5 heteroatoms. The predicted octanol–water partition coefficient (Wildman–Crippen LogP) is 5.47. The molecule has 0 fully saturated rings. The van der Waals surface area contributed by atoms with Crippen molar-refractivity contribution in [1.29, 1.82) is 5.26 Å². The standard InChI is InChI=1S/C26H26N2O3/c1-19(2)21-9-13-24(14-10-21)31-18-26(29)28-25-6-4-3-5-22(25)17-30-23-11-7-20(8-12-23)15-16-27/h3-14,19H,15,17-18H2,1-2H3,(H,28,29). The molecular weight excluding hydrogens is 388 g/mol. The van der Waals surface area contributed by atoms with Gasteiger partial charge in [0.1, 0.15) is 18.1 Å². The summed E-state index contributed by atoms with van der Waals surface area (Å²) in [6.45, 7) is 4.50. The van der Waals surface area contributed by atoms with Crippen LogP contribution in [0.25, 0.3) is 0 Å². The monoisotopic (exact) mass is 414 g/mol. The number of hydrogen-bond donors (Lipinski definition) is 1. The molecule has 0 bridgehead atoms. The molecule has 1 N–H and O–H groups in total. The summed E-state index contributed by atoms with van der Waals surface area (Å²) in [7, 11) is 0. The zero-order valence-electron chi connectivity index (χ0n) is 17.8. The Morgan fingerprint density at radius 2 is 1.58 bits per heavy atom. The highest BCUT2D eigenvalue weighted by Gasteiger charge is 2.09. The van der Waals surface area contributed by atoms with E-state index in [0.717, 1.165) is 11.1 Å². The van der Waals surface area contributed by atoms with Crippen molar-refractivity contribution >= 4 is 11.6 Å². The van der Waals surface area contributed by atoms with Crippen molar-refractivity contribution in [1.82, 2.24) is 0 Å². The summed E-state index contributed by atoms with van der Waals surface area (Å²) in [5.74, 6) is 1.58. The molecule has 0 saturated carbocycles. The van der Waals surface area contributed by atoms with Gasteiger partial charge < -0.3 is 14.8 Å². The van der Waals surface area contributed by atoms with Crippen molar-refractivity contribution in [3.05, 3.63) is 89.5 Å². The third kappa shape index (κ3) is 6.61. The summed E-state index contributed by atoms with van der Waals surface area (Å²) in [4.78, 5) is 12.4. The number of benzene rings is 3. The van der Waals surface area contributed by atoms with E-state index in [2.05, 4.69) is 25.2 Å². The fourth-order valence-corrected chi connectivity index (χ4v) is 3.01. The molecule has 3 aromatic carbocycles. The van der Waals surface area contributed by atoms with Gasteiger partial charge in [-0.05, 0) is 47.4 Å². The van der Waals surface area contributed by atoms with E-state index in [9.17, 15) is 4.79 Å². The SMILES string of the molecule is CC(C)c1ccc(OCC(=O)Nc2ccccc2COc2ccc(CC#N)cc2)cc1. The Labute approximate surface area is 183 Å². The van der Waals surface area contributed by atoms with Gasteiger partial charge in [0.2, 0.25) is 0 Å². The first-order valence-corrected chi connectivity index (χ1v) is 10.2. The molecule has 0 spiro atoms. The maximum absolute atomic E-state index is 12.4. The average molecular weight is 415 g/mol. The van der Waals surface area contributed by atoms with Crippen molar-refractivity contribution in [2.45, 2.75) is 32.8 Å². The maximum Gasteiger partial charge on any atom is 0.262 e. The number of nitrogens with one attached hydrogen (secondary N) is 1. The molecule has 0 atom stereocenters. The molecule has 0 unspecified atom stereocenters. The minimum Gasteiger partial charge on any atom is -0.489 e. The third-order valence-electron chi connectivity index (χ3n) is 4.81. The lowest BCUT2D eigenvalue weighted by atomic mass is 10.0. The minimum absolute atomic E-state index is 0.0728. The molecule has 0 aliphatic heterocycles. The number of rotatable bonds is 9. The number of carbonyl (C=O) groups is 1. The summed E-state index contributed by atoms with van der Waals surface area (Å²) in [6.07, 6.45) is 0.374. The Hall–Kier alpha value is -3.78. The number of ether oxygens (including phenoxy) is 2. The largest absolute Gasteiger partial charge is 0.489 e. The summed E-state index contributed by atoms with van der Waals surface area (Å²) in [5.41, 5.74) is 3.72. The van der Waals surface area contributed by atoms with Crippen LogP contribution in [0.2, 0.25) is 0 Å². The van der Waals surface area contributed by atoms with Gasteiger partial charge in [-0.1, -0.05) is 56.3 Å². The normalized spacial score (nSPS) is 10.4. The molecule has 3 aromatic rings. The fraction of sp³-hybridized carbons (Fsp3) is 0.231. The minimum atomic E-state index is -0.235. The van der Waals surface area contributed by atoms with Gasteiger partial charge in [0.05, 0.1) is 12.5 Å². The molecule has 0 aliphatic rings. The van der Waals surface area contributed by atoms with E-state index in [-0.39, 0.29) is 12.5 Å². The van der Waals surface area contributed by atoms with Crippen LogP contribution >= 0.6 is 0 Å². The molecule has 0 heterocycles. The van der Waals surface area contributed by atoms with E-state index >= 15 is 0 Å². The highest BCUT2D eigenvalue weighted by Crippen LogP contribution is 2.21. The average Bonchev–Trinajstić information content (AvgIpc) is 2.78. The van der Waals surface area contributed by atoms with Crippen LogP contribution in [0.15, 0.2) is 72.8 Å². The Morgan fingerprint density at radius 3 is 2.26 bits per heavy atom. The van der Waals surface area contributed by atoms with Crippen molar-refractivity contribution < 1.29 is 14.3 Å². The van der Waals surface area contributed by atoms with Crippen LogP contribution in [0, 0.1) is 11.3 Å². The summed E-state index contributed by atoms with van der Waals surface area (Å²) in [6, 6.07) is 24.8. The van der Waals surface area contributed by atoms with Crippen LogP contribution in [0.4, 0.5) is 5.69 Å². The quantitative estimate of drug-likeness (QED) is 0.504. The number of hydrogen-bond acceptors (Lipinski definition) is 4. The number of anilines is 1. The van der Waals surface area contributed by atoms with Crippen LogP contribution in [-0.4, -0.2) is 12.5 Å². The van der Waals surface area contributed by atoms with Gasteiger partial charge in [-0.3, -0.25) is 4.79 Å². The van der Waals surface area contributed by atoms with Gasteiger partial charge in [-0.2, -0.15) is 5.26 Å². The Balaban J connectivity index is 1.54. The smallest absolute Gasteiger partial charge is 0.262 e. The number of para-hydroxylation sites is 1. The van der Waals surface area contributed by atoms with E-state index in [1.807, 2.05) is 72.8 Å². The molecular formula is C26H26N2O3. The third-order valence-corrected chi connectivity index (χ3v) is 4.81. The van der Waals surface area contributed by atoms with E-state index in [0.29, 0.717) is 36.1 Å². The zero-order valence-corrected chi connectivity index (χ0v) is 17.8. The van der Waals surface area contributed by atoms with Crippen LogP contribution in [0.5, 0.6) is 11.5 Å². The predicted molar refractivity (Wildman–Crippen MR) is 121 cm³/mol. The first-order valence-electron chi connectivity index (χ1n) is 10.2. The first-order chi connectivity index (χ1) is 15.0. The first kappa shape index (κ1) is 21.9. The van der Waals surface area contributed by atoms with Gasteiger partial charge in [0.25, 0.3) is 5.91 Å². The van der Waals surface area contributed by atoms with Crippen molar-refractivity contribution in [3.63, 3.8) is 0 Å². The van der Waals surface area contributed by atoms with E-state index in [4.69, 9.17) is 14.7 Å². The number of nitrogens with zero attached hydrogens (tertiary/aromatic N) is 1. The lowest BCUT2D eigenvalue weighted by molar-refractivity contribution is -0.118. The van der Waals surface area contributed by atoms with Gasteiger partial charge in [0.15, 0.2) is 6.61 Å². The molecule has 3 rings (SSSR count). The number of amides is 1. The van der Waals surface area contributed by atoms with Gasteiger partial charge in [-0.25, -0.2) is 0 Å². The topological polar surface area (TPSA) is 71.3 Å². The molecule has 0 aromatic heterocycles. The van der Waals surface area contributed by atoms with Crippen LogP contribution in [-0.2, 0) is 17.8 Å². The number of nitriles is 1. The van der Waals surface area contributed by atoms with Crippen LogP contribution < -0.4 is 14.8 Å². The molecule has 31 heavy (non-hydrogen) atoms. The molecule has 1 amide bonds. The number of carbonyl (C=O) groups excluding carboxylic acids is 1. The van der Waals surface area contributed by atoms with E-state index < -0.39 is 0 Å². The van der Waals surface area contributed by atoms with Crippen molar-refractivity contribution in [3.8, 4) is 17.6 Å². The molecule has 5 nitrogen and oxygen atoms in total. The lowest BCUT2D eigenvalue weighted by Gasteiger charge is -2.13. The second-order valence-corrected chi connectivity index (χ2v) is 7.49. The van der Waals surface area contributed by atoms with Crippen molar-refractivity contribution in [2.24, 2.45) is 0 Å². The molecule has 0 saturated heterocycles. The van der Waals surface area contributed by atoms with Crippen molar-refractivity contribution in [2.75, 3.05) is 11.9 Å². The summed E-state index contributed by atoms with van der Waals surface area (Å²) >= 11 is 0. The fourth-order valence-electron chi connectivity index (χ4n) is 3.01. The van der Waals surface area contributed by atoms with Gasteiger partial charge >= 0.3 is 0 Å². The van der Waals surface area contributed by atoms with Crippen LogP contribution in [0.3, 0.4) is 0 Å². The highest BCUT2D eigenvalue weighted by molar-refractivity contribution is 5.92. The van der Waals surface area contributed by atoms with Gasteiger partial charge in [0, 0.05) is 11.3 Å². The van der Waals surface area contributed by atoms with Crippen LogP contribution in [0.1, 0.15) is 36.5 Å². The lowest BCUT2D eigenvalue weighted by Crippen LogP contribution is -2.21. The van der Waals surface area contributed by atoms with E-state index in [1.54, 1.807) is 0 Å². The van der Waals surface area contributed by atoms with Gasteiger partial charge in [-0.15, -0.1) is 0 Å². The Kier molecular flexibility index (Phi) is 7.67. The highest BCUT2D eigenvalue weighted by atomic mass is 16.5. The zero-order chi connectivity index (χ0) is 22.1. The van der Waals surface area contributed by atoms with E-state index in [1.165, 1.54) is 5.56 Å². The second kappa shape index (κ2) is 10.8. The molecule has 158 valence electrons. The molecule has 0 radical (unpaired) electrons. The maximum atomic E-state index is 12.4. The summed E-state index contributed by atoms with van der Waals surface area (Å²) in [5, 5.41) is 11.6. The summed E-state index contributed by atoms with van der Waals surface area (Å²) < 4.78 is 11.5. The Morgan fingerprint density at radius 1 is 0.935 bits per heavy atom. The molecule has 0 aliphatic carbocycles.